The summed E-state index contributed by atoms with van der Waals surface area (Å²) in [6, 6.07) is 8.79. The molecule has 1 fully saturated rings. The van der Waals surface area contributed by atoms with E-state index >= 15 is 0 Å². The molecule has 2 amide bonds. The van der Waals surface area contributed by atoms with Crippen molar-refractivity contribution in [2.24, 2.45) is 0 Å². The van der Waals surface area contributed by atoms with Crippen LogP contribution in [-0.4, -0.2) is 29.3 Å². The summed E-state index contributed by atoms with van der Waals surface area (Å²) in [5.74, 6) is -1.39. The van der Waals surface area contributed by atoms with Crippen LogP contribution in [0.25, 0.3) is 0 Å². The normalized spacial score (nSPS) is 16.8. The fraction of sp³-hybridized carbons (Fsp3) is 0.263. The molecule has 1 atom stereocenters. The first-order valence-electron chi connectivity index (χ1n) is 8.09. The quantitative estimate of drug-likeness (QED) is 0.926. The lowest BCUT2D eigenvalue weighted by molar-refractivity contribution is -0.119. The van der Waals surface area contributed by atoms with E-state index in [1.54, 1.807) is 6.92 Å². The van der Waals surface area contributed by atoms with Gasteiger partial charge >= 0.3 is 0 Å². The summed E-state index contributed by atoms with van der Waals surface area (Å²) in [6.07, 6.45) is 1.27. The number of amides is 2. The Hall–Kier alpha value is -2.76. The topological polar surface area (TPSA) is 49.4 Å². The highest BCUT2D eigenvalue weighted by atomic mass is 19.1. The fourth-order valence-corrected chi connectivity index (χ4v) is 3.02. The number of nitrogens with zero attached hydrogens (tertiary/aromatic N) is 1. The van der Waals surface area contributed by atoms with Crippen molar-refractivity contribution in [1.29, 1.82) is 0 Å². The summed E-state index contributed by atoms with van der Waals surface area (Å²) in [6.45, 7) is 2.17. The second-order valence-corrected chi connectivity index (χ2v) is 6.11. The number of hydrogen-bond acceptors (Lipinski definition) is 2. The molecule has 3 rings (SSSR count). The predicted octanol–water partition coefficient (Wildman–Crippen LogP) is 3.52. The Morgan fingerprint density at radius 1 is 1.08 bits per heavy atom. The van der Waals surface area contributed by atoms with E-state index < -0.39 is 11.9 Å². The van der Waals surface area contributed by atoms with Gasteiger partial charge in [-0.25, -0.2) is 8.78 Å². The van der Waals surface area contributed by atoms with Crippen molar-refractivity contribution < 1.29 is 18.4 Å². The van der Waals surface area contributed by atoms with Gasteiger partial charge in [0, 0.05) is 17.8 Å². The number of hydrogen-bond donors (Lipinski definition) is 1. The van der Waals surface area contributed by atoms with Crippen molar-refractivity contribution in [1.82, 2.24) is 4.90 Å². The summed E-state index contributed by atoms with van der Waals surface area (Å²) in [7, 11) is 0. The van der Waals surface area contributed by atoms with Crippen molar-refractivity contribution >= 4 is 17.5 Å². The number of carbonyl (C=O) groups excluding carboxylic acids is 2. The summed E-state index contributed by atoms with van der Waals surface area (Å²) >= 11 is 0. The van der Waals surface area contributed by atoms with Crippen LogP contribution in [-0.2, 0) is 4.79 Å². The second kappa shape index (κ2) is 7.01. The average Bonchev–Trinajstić information content (AvgIpc) is 3.07. The van der Waals surface area contributed by atoms with E-state index in [0.29, 0.717) is 36.2 Å². The van der Waals surface area contributed by atoms with Crippen LogP contribution in [0.4, 0.5) is 14.5 Å². The number of anilines is 1. The van der Waals surface area contributed by atoms with Crippen LogP contribution in [0.3, 0.4) is 0 Å². The van der Waals surface area contributed by atoms with E-state index in [2.05, 4.69) is 5.32 Å². The smallest absolute Gasteiger partial charge is 0.254 e. The molecule has 1 N–H and O–H groups in total. The third-order valence-corrected chi connectivity index (χ3v) is 4.35. The maximum absolute atomic E-state index is 13.2. The van der Waals surface area contributed by atoms with Gasteiger partial charge in [0.15, 0.2) is 0 Å². The summed E-state index contributed by atoms with van der Waals surface area (Å²) in [4.78, 5) is 26.7. The molecule has 0 radical (unpaired) electrons. The van der Waals surface area contributed by atoms with Crippen LogP contribution in [0.15, 0.2) is 42.5 Å². The van der Waals surface area contributed by atoms with Crippen LogP contribution in [0.5, 0.6) is 0 Å². The molecule has 1 aliphatic heterocycles. The van der Waals surface area contributed by atoms with Gasteiger partial charge in [0.1, 0.15) is 17.7 Å². The maximum atomic E-state index is 13.2. The van der Waals surface area contributed by atoms with Crippen LogP contribution in [0.1, 0.15) is 28.8 Å². The second-order valence-electron chi connectivity index (χ2n) is 6.11. The molecule has 1 heterocycles. The zero-order valence-corrected chi connectivity index (χ0v) is 13.8. The van der Waals surface area contributed by atoms with Crippen molar-refractivity contribution in [3.8, 4) is 0 Å². The van der Waals surface area contributed by atoms with Gasteiger partial charge in [-0.3, -0.25) is 9.59 Å². The van der Waals surface area contributed by atoms with Gasteiger partial charge in [-0.05, 0) is 67.8 Å². The number of likely N-dealkylation sites (tertiary alicyclic amines) is 1. The summed E-state index contributed by atoms with van der Waals surface area (Å²) in [5, 5.41) is 2.77. The minimum absolute atomic E-state index is 0.298. The standard InChI is InChI=1S/C19H18F2N2O2/c1-12-11-15(21)8-9-16(12)22-18(24)17-3-2-10-23(17)19(25)13-4-6-14(20)7-5-13/h4-9,11,17H,2-3,10H2,1H3,(H,22,24)/t17-/m0/s1. The molecule has 130 valence electrons. The number of nitrogens with one attached hydrogen (secondary N) is 1. The van der Waals surface area contributed by atoms with Gasteiger partial charge in [0.25, 0.3) is 5.91 Å². The lowest BCUT2D eigenvalue weighted by Crippen LogP contribution is -2.43. The molecule has 0 bridgehead atoms. The van der Waals surface area contributed by atoms with Crippen molar-refractivity contribution in [2.75, 3.05) is 11.9 Å². The first-order chi connectivity index (χ1) is 12.0. The molecule has 0 unspecified atom stereocenters. The van der Waals surface area contributed by atoms with Gasteiger partial charge < -0.3 is 10.2 Å². The Morgan fingerprint density at radius 2 is 1.76 bits per heavy atom. The Bertz CT molecular complexity index is 806. The Balaban J connectivity index is 1.75. The Morgan fingerprint density at radius 3 is 2.44 bits per heavy atom. The Labute approximate surface area is 144 Å². The largest absolute Gasteiger partial charge is 0.327 e. The number of rotatable bonds is 3. The van der Waals surface area contributed by atoms with E-state index in [4.69, 9.17) is 0 Å². The van der Waals surface area contributed by atoms with E-state index in [1.165, 1.54) is 47.4 Å². The maximum Gasteiger partial charge on any atom is 0.254 e. The minimum atomic E-state index is -0.595. The first-order valence-corrected chi connectivity index (χ1v) is 8.09. The lowest BCUT2D eigenvalue weighted by atomic mass is 10.1. The molecular weight excluding hydrogens is 326 g/mol. The third-order valence-electron chi connectivity index (χ3n) is 4.35. The molecule has 4 nitrogen and oxygen atoms in total. The van der Waals surface area contributed by atoms with Crippen molar-refractivity contribution in [2.45, 2.75) is 25.8 Å². The van der Waals surface area contributed by atoms with Gasteiger partial charge in [-0.1, -0.05) is 0 Å². The molecule has 0 saturated carbocycles. The van der Waals surface area contributed by atoms with Crippen molar-refractivity contribution in [3.05, 3.63) is 65.2 Å². The molecular formula is C19H18F2N2O2. The minimum Gasteiger partial charge on any atom is -0.327 e. The molecule has 1 saturated heterocycles. The monoisotopic (exact) mass is 344 g/mol. The van der Waals surface area contributed by atoms with Crippen LogP contribution in [0, 0.1) is 18.6 Å². The zero-order valence-electron chi connectivity index (χ0n) is 13.8. The molecule has 0 aromatic heterocycles. The van der Waals surface area contributed by atoms with Crippen LogP contribution < -0.4 is 5.32 Å². The SMILES string of the molecule is Cc1cc(F)ccc1NC(=O)[C@@H]1CCCN1C(=O)c1ccc(F)cc1. The highest BCUT2D eigenvalue weighted by Gasteiger charge is 2.34. The molecule has 25 heavy (non-hydrogen) atoms. The molecule has 0 spiro atoms. The highest BCUT2D eigenvalue weighted by Crippen LogP contribution is 2.23. The summed E-state index contributed by atoms with van der Waals surface area (Å²) in [5.41, 5.74) is 1.48. The number of carbonyl (C=O) groups is 2. The lowest BCUT2D eigenvalue weighted by Gasteiger charge is -2.24. The van der Waals surface area contributed by atoms with Crippen molar-refractivity contribution in [3.63, 3.8) is 0 Å². The third kappa shape index (κ3) is 3.68. The molecule has 2 aromatic rings. The molecule has 6 heteroatoms. The van der Waals surface area contributed by atoms with Gasteiger partial charge in [0.05, 0.1) is 0 Å². The first kappa shape index (κ1) is 17.1. The zero-order chi connectivity index (χ0) is 18.0. The number of aryl methyl sites for hydroxylation is 1. The van der Waals surface area contributed by atoms with E-state index in [1.807, 2.05) is 0 Å². The van der Waals surface area contributed by atoms with Crippen LogP contribution in [0.2, 0.25) is 0 Å². The van der Waals surface area contributed by atoms with E-state index in [-0.39, 0.29) is 17.6 Å². The Kier molecular flexibility index (Phi) is 4.79. The van der Waals surface area contributed by atoms with E-state index in [0.717, 1.165) is 0 Å². The molecule has 1 aliphatic rings. The van der Waals surface area contributed by atoms with Crippen LogP contribution >= 0.6 is 0 Å². The van der Waals surface area contributed by atoms with E-state index in [9.17, 15) is 18.4 Å². The van der Waals surface area contributed by atoms with Gasteiger partial charge in [-0.15, -0.1) is 0 Å². The van der Waals surface area contributed by atoms with Gasteiger partial charge in [0.2, 0.25) is 5.91 Å². The number of halogens is 2. The number of benzene rings is 2. The molecule has 0 aliphatic carbocycles. The highest BCUT2D eigenvalue weighted by molar-refractivity contribution is 6.01. The average molecular weight is 344 g/mol. The fourth-order valence-electron chi connectivity index (χ4n) is 3.02. The molecule has 2 aromatic carbocycles. The summed E-state index contributed by atoms with van der Waals surface area (Å²) < 4.78 is 26.2. The van der Waals surface area contributed by atoms with Gasteiger partial charge in [-0.2, -0.15) is 0 Å². The predicted molar refractivity (Wildman–Crippen MR) is 90.2 cm³/mol.